The summed E-state index contributed by atoms with van der Waals surface area (Å²) in [6, 6.07) is 3.63. The van der Waals surface area contributed by atoms with Crippen LogP contribution in [-0.4, -0.2) is 12.1 Å². The molecule has 1 aromatic heterocycles. The molecule has 0 unspecified atom stereocenters. The molecule has 0 aromatic carbocycles. The summed E-state index contributed by atoms with van der Waals surface area (Å²) < 4.78 is 4.93. The molecule has 12 heavy (non-hydrogen) atoms. The molecule has 1 aromatic rings. The van der Waals surface area contributed by atoms with E-state index in [0.717, 1.165) is 0 Å². The average Bonchev–Trinajstić information content (AvgIpc) is 2.09. The third-order valence-corrected chi connectivity index (χ3v) is 1.76. The van der Waals surface area contributed by atoms with Gasteiger partial charge in [0.25, 0.3) is 0 Å². The van der Waals surface area contributed by atoms with Crippen LogP contribution >= 0.6 is 11.6 Å². The zero-order valence-electron chi connectivity index (χ0n) is 6.54. The van der Waals surface area contributed by atoms with Crippen LogP contribution in [0, 0.1) is 11.3 Å². The van der Waals surface area contributed by atoms with Crippen LogP contribution in [0.3, 0.4) is 0 Å². The van der Waals surface area contributed by atoms with Crippen LogP contribution in [0.4, 0.5) is 0 Å². The molecular weight excluding hydrogens is 176 g/mol. The van der Waals surface area contributed by atoms with Gasteiger partial charge in [-0.05, 0) is 6.07 Å². The van der Waals surface area contributed by atoms with Crippen LogP contribution in [0.1, 0.15) is 5.56 Å². The van der Waals surface area contributed by atoms with E-state index in [0.29, 0.717) is 16.5 Å². The van der Waals surface area contributed by atoms with Crippen molar-refractivity contribution in [1.82, 2.24) is 4.98 Å². The van der Waals surface area contributed by atoms with Crippen molar-refractivity contribution >= 4 is 11.6 Å². The Hall–Kier alpha value is -1.27. The van der Waals surface area contributed by atoms with Gasteiger partial charge >= 0.3 is 0 Å². The fourth-order valence-corrected chi connectivity index (χ4v) is 1.07. The first kappa shape index (κ1) is 8.82. The molecule has 0 radical (unpaired) electrons. The molecule has 1 rings (SSSR count). The normalized spacial score (nSPS) is 9.08. The minimum atomic E-state index is 0.218. The maximum absolute atomic E-state index is 8.47. The van der Waals surface area contributed by atoms with Crippen molar-refractivity contribution in [2.75, 3.05) is 7.11 Å². The highest BCUT2D eigenvalue weighted by Gasteiger charge is 2.07. The summed E-state index contributed by atoms with van der Waals surface area (Å²) in [5.74, 6) is 0.420. The second kappa shape index (κ2) is 3.93. The Morgan fingerprint density at radius 3 is 3.08 bits per heavy atom. The van der Waals surface area contributed by atoms with Gasteiger partial charge in [-0.15, -0.1) is 0 Å². The molecule has 4 heteroatoms. The molecule has 0 fully saturated rings. The van der Waals surface area contributed by atoms with Gasteiger partial charge in [0.15, 0.2) is 0 Å². The largest absolute Gasteiger partial charge is 0.481 e. The average molecular weight is 183 g/mol. The van der Waals surface area contributed by atoms with E-state index in [1.54, 1.807) is 12.3 Å². The van der Waals surface area contributed by atoms with Crippen LogP contribution in [0.2, 0.25) is 5.02 Å². The van der Waals surface area contributed by atoms with Crippen molar-refractivity contribution in [3.8, 4) is 11.9 Å². The third-order valence-electron chi connectivity index (χ3n) is 1.41. The first-order chi connectivity index (χ1) is 5.79. The fraction of sp³-hybridized carbons (Fsp3) is 0.250. The highest BCUT2D eigenvalue weighted by molar-refractivity contribution is 6.31. The molecule has 0 aliphatic rings. The van der Waals surface area contributed by atoms with Crippen molar-refractivity contribution in [3.05, 3.63) is 22.8 Å². The Balaban J connectivity index is 3.12. The lowest BCUT2D eigenvalue weighted by atomic mass is 10.2. The molecule has 0 N–H and O–H groups in total. The number of aromatic nitrogens is 1. The summed E-state index contributed by atoms with van der Waals surface area (Å²) in [5.41, 5.74) is 0.643. The van der Waals surface area contributed by atoms with E-state index in [-0.39, 0.29) is 6.42 Å². The summed E-state index contributed by atoms with van der Waals surface area (Å²) >= 11 is 5.82. The molecule has 0 aliphatic carbocycles. The Morgan fingerprint density at radius 2 is 2.50 bits per heavy atom. The predicted molar refractivity (Wildman–Crippen MR) is 45.1 cm³/mol. The molecule has 0 aliphatic heterocycles. The fourth-order valence-electron chi connectivity index (χ4n) is 0.866. The van der Waals surface area contributed by atoms with Crippen LogP contribution < -0.4 is 4.74 Å². The molecule has 1 heterocycles. The van der Waals surface area contributed by atoms with Gasteiger partial charge in [0, 0.05) is 11.8 Å². The van der Waals surface area contributed by atoms with Gasteiger partial charge < -0.3 is 4.74 Å². The van der Waals surface area contributed by atoms with Gasteiger partial charge in [-0.3, -0.25) is 0 Å². The minimum absolute atomic E-state index is 0.218. The molecule has 0 saturated heterocycles. The number of ether oxygens (including phenoxy) is 1. The molecule has 0 amide bonds. The van der Waals surface area contributed by atoms with E-state index >= 15 is 0 Å². The molecule has 62 valence electrons. The summed E-state index contributed by atoms with van der Waals surface area (Å²) in [7, 11) is 1.50. The van der Waals surface area contributed by atoms with Gasteiger partial charge in [-0.25, -0.2) is 4.98 Å². The summed E-state index contributed by atoms with van der Waals surface area (Å²) in [6.45, 7) is 0. The number of nitriles is 1. The number of halogens is 1. The van der Waals surface area contributed by atoms with Crippen molar-refractivity contribution in [2.24, 2.45) is 0 Å². The van der Waals surface area contributed by atoms with E-state index in [2.05, 4.69) is 4.98 Å². The van der Waals surface area contributed by atoms with Crippen molar-refractivity contribution in [1.29, 1.82) is 5.26 Å². The second-order valence-electron chi connectivity index (χ2n) is 2.12. The lowest BCUT2D eigenvalue weighted by Gasteiger charge is -2.04. The molecule has 0 spiro atoms. The van der Waals surface area contributed by atoms with Crippen LogP contribution in [-0.2, 0) is 6.42 Å². The van der Waals surface area contributed by atoms with Crippen LogP contribution in [0.15, 0.2) is 12.3 Å². The third kappa shape index (κ3) is 1.66. The van der Waals surface area contributed by atoms with E-state index in [4.69, 9.17) is 21.6 Å². The molecule has 0 atom stereocenters. The monoisotopic (exact) mass is 182 g/mol. The van der Waals surface area contributed by atoms with E-state index in [1.165, 1.54) is 7.11 Å². The SMILES string of the molecule is COc1nccc(Cl)c1CC#N. The Labute approximate surface area is 75.6 Å². The number of nitrogens with zero attached hydrogens (tertiary/aromatic N) is 2. The quantitative estimate of drug-likeness (QED) is 0.701. The lowest BCUT2D eigenvalue weighted by molar-refractivity contribution is 0.393. The van der Waals surface area contributed by atoms with Crippen molar-refractivity contribution in [3.63, 3.8) is 0 Å². The smallest absolute Gasteiger partial charge is 0.218 e. The number of methoxy groups -OCH3 is 1. The van der Waals surface area contributed by atoms with Crippen molar-refractivity contribution < 1.29 is 4.74 Å². The highest BCUT2D eigenvalue weighted by Crippen LogP contribution is 2.23. The van der Waals surface area contributed by atoms with E-state index in [1.807, 2.05) is 6.07 Å². The number of hydrogen-bond donors (Lipinski definition) is 0. The van der Waals surface area contributed by atoms with Crippen LogP contribution in [0.25, 0.3) is 0 Å². The zero-order valence-corrected chi connectivity index (χ0v) is 7.30. The zero-order chi connectivity index (χ0) is 8.97. The second-order valence-corrected chi connectivity index (χ2v) is 2.52. The highest BCUT2D eigenvalue weighted by atomic mass is 35.5. The first-order valence-electron chi connectivity index (χ1n) is 3.34. The standard InChI is InChI=1S/C8H7ClN2O/c1-12-8-6(2-4-10)7(9)3-5-11-8/h3,5H,2H2,1H3. The maximum atomic E-state index is 8.47. The Morgan fingerprint density at radius 1 is 1.75 bits per heavy atom. The number of pyridine rings is 1. The Kier molecular flexibility index (Phi) is 2.89. The lowest BCUT2D eigenvalue weighted by Crippen LogP contribution is -1.94. The summed E-state index contributed by atoms with van der Waals surface area (Å²) in [6.07, 6.45) is 1.76. The number of hydrogen-bond acceptors (Lipinski definition) is 3. The van der Waals surface area contributed by atoms with Gasteiger partial charge in [0.1, 0.15) is 0 Å². The minimum Gasteiger partial charge on any atom is -0.481 e. The first-order valence-corrected chi connectivity index (χ1v) is 3.71. The number of rotatable bonds is 2. The van der Waals surface area contributed by atoms with E-state index in [9.17, 15) is 0 Å². The Bertz CT molecular complexity index is 319. The molecule has 0 saturated carbocycles. The van der Waals surface area contributed by atoms with E-state index < -0.39 is 0 Å². The van der Waals surface area contributed by atoms with Crippen molar-refractivity contribution in [2.45, 2.75) is 6.42 Å². The summed E-state index contributed by atoms with van der Waals surface area (Å²) in [4.78, 5) is 3.92. The van der Waals surface area contributed by atoms with Gasteiger partial charge in [0.05, 0.1) is 24.6 Å². The van der Waals surface area contributed by atoms with Crippen LogP contribution in [0.5, 0.6) is 5.88 Å². The van der Waals surface area contributed by atoms with Gasteiger partial charge in [-0.2, -0.15) is 5.26 Å². The molecule has 3 nitrogen and oxygen atoms in total. The van der Waals surface area contributed by atoms with Gasteiger partial charge in [-0.1, -0.05) is 11.6 Å². The molecular formula is C8H7ClN2O. The topological polar surface area (TPSA) is 45.9 Å². The molecule has 0 bridgehead atoms. The predicted octanol–water partition coefficient (Wildman–Crippen LogP) is 1.81. The van der Waals surface area contributed by atoms with Gasteiger partial charge in [0.2, 0.25) is 5.88 Å². The maximum Gasteiger partial charge on any atom is 0.218 e. The summed E-state index contributed by atoms with van der Waals surface area (Å²) in [5, 5.41) is 8.99.